The zero-order valence-electron chi connectivity index (χ0n) is 15.6. The summed E-state index contributed by atoms with van der Waals surface area (Å²) < 4.78 is 73.0. The van der Waals surface area contributed by atoms with Gasteiger partial charge in [0.05, 0.1) is 5.56 Å². The number of pyridine rings is 2. The second-order valence-electron chi connectivity index (χ2n) is 6.60. The van der Waals surface area contributed by atoms with Gasteiger partial charge in [-0.3, -0.25) is 4.79 Å². The van der Waals surface area contributed by atoms with Crippen LogP contribution in [0.1, 0.15) is 28.7 Å². The molecule has 31 heavy (non-hydrogen) atoms. The SMILES string of the molecule is C[C@]1(c2nc(NC(=O)c3ccc(C#N)cn3)ccc2F)N=C(N)OC(C(F)(F)F)[C@@H]1F. The number of alkyl halides is 4. The number of nitrogens with two attached hydrogens (primary N) is 1. The highest BCUT2D eigenvalue weighted by Crippen LogP contribution is 2.42. The van der Waals surface area contributed by atoms with E-state index in [1.165, 1.54) is 12.1 Å². The van der Waals surface area contributed by atoms with E-state index in [-0.39, 0.29) is 17.1 Å². The molecule has 0 bridgehead atoms. The van der Waals surface area contributed by atoms with Crippen molar-refractivity contribution in [2.45, 2.75) is 30.9 Å². The first-order valence-corrected chi connectivity index (χ1v) is 8.53. The number of anilines is 1. The summed E-state index contributed by atoms with van der Waals surface area (Å²) in [4.78, 5) is 23.3. The molecule has 0 saturated heterocycles. The number of amides is 1. The highest BCUT2D eigenvalue weighted by Gasteiger charge is 2.59. The van der Waals surface area contributed by atoms with Crippen molar-refractivity contribution in [3.05, 3.63) is 53.2 Å². The van der Waals surface area contributed by atoms with Crippen LogP contribution in [-0.4, -0.2) is 40.3 Å². The van der Waals surface area contributed by atoms with Gasteiger partial charge in [0.1, 0.15) is 34.6 Å². The second kappa shape index (κ2) is 7.78. The Balaban J connectivity index is 1.95. The summed E-state index contributed by atoms with van der Waals surface area (Å²) in [6.07, 6.45) is -9.88. The molecule has 3 atom stereocenters. The summed E-state index contributed by atoms with van der Waals surface area (Å²) in [5, 5.41) is 11.0. The van der Waals surface area contributed by atoms with E-state index >= 15 is 0 Å². The van der Waals surface area contributed by atoms with Crippen molar-refractivity contribution in [3.8, 4) is 6.07 Å². The molecule has 0 fully saturated rings. The number of nitrogens with one attached hydrogen (secondary N) is 1. The number of hydrogen-bond donors (Lipinski definition) is 2. The number of nitriles is 1. The van der Waals surface area contributed by atoms with Crippen LogP contribution in [0.15, 0.2) is 35.5 Å². The van der Waals surface area contributed by atoms with E-state index in [4.69, 9.17) is 11.0 Å². The van der Waals surface area contributed by atoms with Gasteiger partial charge in [0.25, 0.3) is 11.9 Å². The Morgan fingerprint density at radius 3 is 2.61 bits per heavy atom. The summed E-state index contributed by atoms with van der Waals surface area (Å²) >= 11 is 0. The maximum atomic E-state index is 14.8. The molecule has 162 valence electrons. The number of amidine groups is 1. The predicted octanol–water partition coefficient (Wildman–Crippen LogP) is 2.57. The third kappa shape index (κ3) is 4.23. The molecule has 8 nitrogen and oxygen atoms in total. The maximum absolute atomic E-state index is 14.8. The van der Waals surface area contributed by atoms with Crippen molar-refractivity contribution in [3.63, 3.8) is 0 Å². The number of hydrogen-bond acceptors (Lipinski definition) is 7. The lowest BCUT2D eigenvalue weighted by atomic mass is 9.87. The molecule has 1 aliphatic heterocycles. The Kier molecular flexibility index (Phi) is 5.49. The fraction of sp³-hybridized carbons (Fsp3) is 0.278. The summed E-state index contributed by atoms with van der Waals surface area (Å²) in [5.74, 6) is -2.27. The Morgan fingerprint density at radius 1 is 1.32 bits per heavy atom. The fourth-order valence-corrected chi connectivity index (χ4v) is 2.86. The van der Waals surface area contributed by atoms with Gasteiger partial charge in [0, 0.05) is 6.20 Å². The Morgan fingerprint density at radius 2 is 2.03 bits per heavy atom. The van der Waals surface area contributed by atoms with Gasteiger partial charge < -0.3 is 15.8 Å². The molecule has 3 heterocycles. The number of carbonyl (C=O) groups excluding carboxylic acids is 1. The van der Waals surface area contributed by atoms with Crippen molar-refractivity contribution < 1.29 is 31.5 Å². The molecule has 1 aliphatic rings. The number of halogens is 5. The van der Waals surface area contributed by atoms with Crippen molar-refractivity contribution in [2.24, 2.45) is 10.7 Å². The van der Waals surface area contributed by atoms with Gasteiger partial charge >= 0.3 is 6.18 Å². The lowest BCUT2D eigenvalue weighted by Crippen LogP contribution is -2.55. The minimum atomic E-state index is -5.15. The zero-order valence-corrected chi connectivity index (χ0v) is 15.6. The Labute approximate surface area is 171 Å². The smallest absolute Gasteiger partial charge is 0.428 e. The van der Waals surface area contributed by atoms with Gasteiger partial charge in [-0.25, -0.2) is 23.7 Å². The van der Waals surface area contributed by atoms with Gasteiger partial charge in [-0.2, -0.15) is 18.4 Å². The minimum Gasteiger partial charge on any atom is -0.449 e. The van der Waals surface area contributed by atoms with Gasteiger partial charge in [0.2, 0.25) is 6.10 Å². The number of nitrogens with zero attached hydrogens (tertiary/aromatic N) is 4. The van der Waals surface area contributed by atoms with E-state index in [0.717, 1.165) is 25.3 Å². The van der Waals surface area contributed by atoms with Crippen molar-refractivity contribution in [1.29, 1.82) is 5.26 Å². The molecule has 1 amide bonds. The van der Waals surface area contributed by atoms with E-state index in [1.54, 1.807) is 0 Å². The highest BCUT2D eigenvalue weighted by molar-refractivity contribution is 6.02. The van der Waals surface area contributed by atoms with E-state index < -0.39 is 47.4 Å². The predicted molar refractivity (Wildman–Crippen MR) is 95.9 cm³/mol. The normalized spacial score (nSPS) is 23.3. The van der Waals surface area contributed by atoms with Crippen LogP contribution in [0.5, 0.6) is 0 Å². The van der Waals surface area contributed by atoms with Crippen molar-refractivity contribution >= 4 is 17.7 Å². The second-order valence-corrected chi connectivity index (χ2v) is 6.60. The standard InChI is InChI=1S/C18H13F5N6O2/c1-17(12(20)14(18(21,22)23)31-16(25)29-17)13-9(19)3-5-11(27-13)28-15(30)10-4-2-8(6-24)7-26-10/h2-5,7,12,14H,1H3,(H2,25,29)(H,27,28,30)/t12-,14?,17-/m0/s1. The van der Waals surface area contributed by atoms with Gasteiger partial charge in [-0.05, 0) is 31.2 Å². The zero-order chi connectivity index (χ0) is 23.0. The van der Waals surface area contributed by atoms with Crippen molar-refractivity contribution in [2.75, 3.05) is 5.32 Å². The first kappa shape index (κ1) is 21.9. The first-order chi connectivity index (χ1) is 14.5. The summed E-state index contributed by atoms with van der Waals surface area (Å²) in [6.45, 7) is 0.880. The molecule has 3 N–H and O–H groups in total. The summed E-state index contributed by atoms with van der Waals surface area (Å²) in [5.41, 5.74) is 2.06. The fourth-order valence-electron chi connectivity index (χ4n) is 2.86. The lowest BCUT2D eigenvalue weighted by Gasteiger charge is -2.38. The van der Waals surface area contributed by atoms with Gasteiger partial charge in [-0.1, -0.05) is 0 Å². The quantitative estimate of drug-likeness (QED) is 0.707. The summed E-state index contributed by atoms with van der Waals surface area (Å²) in [7, 11) is 0. The van der Waals surface area contributed by atoms with Crippen LogP contribution in [0.25, 0.3) is 0 Å². The van der Waals surface area contributed by atoms with Gasteiger partial charge in [-0.15, -0.1) is 0 Å². The van der Waals surface area contributed by atoms with Crippen LogP contribution in [0.4, 0.5) is 27.8 Å². The monoisotopic (exact) mass is 440 g/mol. The van der Waals surface area contributed by atoms with Crippen molar-refractivity contribution in [1.82, 2.24) is 9.97 Å². The van der Waals surface area contributed by atoms with Crippen LogP contribution in [0, 0.1) is 17.1 Å². The third-order valence-corrected chi connectivity index (χ3v) is 4.41. The third-order valence-electron chi connectivity index (χ3n) is 4.41. The van der Waals surface area contributed by atoms with Crippen LogP contribution in [0.3, 0.4) is 0 Å². The van der Waals surface area contributed by atoms with Gasteiger partial charge in [0.15, 0.2) is 6.17 Å². The molecule has 3 rings (SSSR count). The van der Waals surface area contributed by atoms with E-state index in [1.807, 2.05) is 6.07 Å². The topological polar surface area (TPSA) is 126 Å². The van der Waals surface area contributed by atoms with Crippen LogP contribution in [-0.2, 0) is 10.3 Å². The summed E-state index contributed by atoms with van der Waals surface area (Å²) in [6, 6.07) is 5.21. The van der Waals surface area contributed by atoms with Crippen LogP contribution in [0.2, 0.25) is 0 Å². The highest BCUT2D eigenvalue weighted by atomic mass is 19.4. The molecule has 13 heteroatoms. The number of carbonyl (C=O) groups is 1. The molecular formula is C18H13F5N6O2. The number of ether oxygens (including phenoxy) is 1. The number of aliphatic imine (C=N–C) groups is 1. The van der Waals surface area contributed by atoms with E-state index in [2.05, 4.69) is 25.0 Å². The maximum Gasteiger partial charge on any atom is 0.428 e. The van der Waals surface area contributed by atoms with Crippen LogP contribution >= 0.6 is 0 Å². The molecule has 0 aromatic carbocycles. The molecule has 2 aromatic heterocycles. The number of rotatable bonds is 3. The van der Waals surface area contributed by atoms with Crippen LogP contribution < -0.4 is 11.1 Å². The Hall–Kier alpha value is -3.82. The first-order valence-electron chi connectivity index (χ1n) is 8.53. The molecule has 1 unspecified atom stereocenters. The molecule has 0 spiro atoms. The minimum absolute atomic E-state index is 0.119. The average Bonchev–Trinajstić information content (AvgIpc) is 2.71. The molecule has 2 aromatic rings. The molecule has 0 saturated carbocycles. The lowest BCUT2D eigenvalue weighted by molar-refractivity contribution is -0.227. The molecule has 0 radical (unpaired) electrons. The average molecular weight is 440 g/mol. The largest absolute Gasteiger partial charge is 0.449 e. The van der Waals surface area contributed by atoms with E-state index in [9.17, 15) is 26.7 Å². The molecule has 0 aliphatic carbocycles. The Bertz CT molecular complexity index is 1080. The molecular weight excluding hydrogens is 427 g/mol. The van der Waals surface area contributed by atoms with E-state index in [0.29, 0.717) is 0 Å². The number of aromatic nitrogens is 2.